The third-order valence-corrected chi connectivity index (χ3v) is 4.26. The number of carbonyl (C=O) groups excluding carboxylic acids is 1. The number of hydrogen-bond acceptors (Lipinski definition) is 4. The van der Waals surface area contributed by atoms with Gasteiger partial charge in [-0.3, -0.25) is 9.59 Å². The van der Waals surface area contributed by atoms with Crippen molar-refractivity contribution in [3.05, 3.63) is 42.2 Å². The van der Waals surface area contributed by atoms with Crippen molar-refractivity contribution in [2.45, 2.75) is 25.8 Å². The van der Waals surface area contributed by atoms with Crippen LogP contribution in [0.3, 0.4) is 0 Å². The van der Waals surface area contributed by atoms with Crippen LogP contribution >= 0.6 is 0 Å². The number of aromatic nitrogens is 3. The van der Waals surface area contributed by atoms with Crippen LogP contribution < -0.4 is 0 Å². The predicted octanol–water partition coefficient (Wildman–Crippen LogP) is 1.59. The van der Waals surface area contributed by atoms with E-state index in [0.29, 0.717) is 24.1 Å². The van der Waals surface area contributed by atoms with Gasteiger partial charge in [0.15, 0.2) is 0 Å². The summed E-state index contributed by atoms with van der Waals surface area (Å²) in [4.78, 5) is 27.3. The maximum absolute atomic E-state index is 13.0. The molecule has 0 bridgehead atoms. The van der Waals surface area contributed by atoms with Crippen molar-refractivity contribution < 1.29 is 14.7 Å². The summed E-state index contributed by atoms with van der Waals surface area (Å²) in [5.74, 6) is -1.54. The number of amides is 1. The SMILES string of the molecule is CC1CCC(C(=O)O)CN1C(=O)c1ccccc1-n1nccn1. The minimum atomic E-state index is -0.850. The number of carboxylic acid groups (broad SMARTS) is 1. The number of piperidine rings is 1. The first kappa shape index (κ1) is 15.2. The minimum Gasteiger partial charge on any atom is -0.481 e. The maximum Gasteiger partial charge on any atom is 0.308 e. The number of nitrogens with zero attached hydrogens (tertiary/aromatic N) is 4. The Balaban J connectivity index is 1.92. The van der Waals surface area contributed by atoms with E-state index in [1.165, 1.54) is 4.80 Å². The van der Waals surface area contributed by atoms with Gasteiger partial charge in [0.1, 0.15) is 0 Å². The number of aliphatic carboxylic acids is 1. The fraction of sp³-hybridized carbons (Fsp3) is 0.375. The van der Waals surface area contributed by atoms with Gasteiger partial charge in [-0.15, -0.1) is 0 Å². The number of carboxylic acids is 1. The summed E-state index contributed by atoms with van der Waals surface area (Å²) in [6, 6.07) is 7.10. The van der Waals surface area contributed by atoms with E-state index < -0.39 is 11.9 Å². The van der Waals surface area contributed by atoms with Crippen molar-refractivity contribution in [2.24, 2.45) is 5.92 Å². The largest absolute Gasteiger partial charge is 0.481 e. The van der Waals surface area contributed by atoms with E-state index in [9.17, 15) is 14.7 Å². The molecule has 1 aromatic carbocycles. The van der Waals surface area contributed by atoms with Crippen LogP contribution in [0.2, 0.25) is 0 Å². The molecule has 1 saturated heterocycles. The zero-order valence-corrected chi connectivity index (χ0v) is 12.8. The van der Waals surface area contributed by atoms with Gasteiger partial charge in [0.05, 0.1) is 29.6 Å². The summed E-state index contributed by atoms with van der Waals surface area (Å²) < 4.78 is 0. The summed E-state index contributed by atoms with van der Waals surface area (Å²) in [5, 5.41) is 17.4. The van der Waals surface area contributed by atoms with Gasteiger partial charge >= 0.3 is 5.97 Å². The van der Waals surface area contributed by atoms with Crippen LogP contribution in [0.5, 0.6) is 0 Å². The van der Waals surface area contributed by atoms with E-state index >= 15 is 0 Å². The molecule has 2 unspecified atom stereocenters. The lowest BCUT2D eigenvalue weighted by Crippen LogP contribution is -2.47. The molecule has 0 spiro atoms. The lowest BCUT2D eigenvalue weighted by molar-refractivity contribution is -0.143. The van der Waals surface area contributed by atoms with Crippen LogP contribution in [0.15, 0.2) is 36.7 Å². The minimum absolute atomic E-state index is 0.0109. The van der Waals surface area contributed by atoms with Crippen molar-refractivity contribution in [1.29, 1.82) is 0 Å². The maximum atomic E-state index is 13.0. The molecule has 120 valence electrons. The Kier molecular flexibility index (Phi) is 4.10. The molecule has 0 radical (unpaired) electrons. The molecule has 23 heavy (non-hydrogen) atoms. The molecular formula is C16H18N4O3. The summed E-state index contributed by atoms with van der Waals surface area (Å²) in [7, 11) is 0. The topological polar surface area (TPSA) is 88.3 Å². The van der Waals surface area contributed by atoms with E-state index in [-0.39, 0.29) is 18.5 Å². The first-order chi connectivity index (χ1) is 11.1. The number of hydrogen-bond donors (Lipinski definition) is 1. The molecule has 7 heteroatoms. The van der Waals surface area contributed by atoms with E-state index in [4.69, 9.17) is 0 Å². The van der Waals surface area contributed by atoms with Gasteiger partial charge < -0.3 is 10.0 Å². The number of benzene rings is 1. The molecule has 2 atom stereocenters. The molecule has 3 rings (SSSR count). The average Bonchev–Trinajstić information content (AvgIpc) is 3.09. The standard InChI is InChI=1S/C16H18N4O3/c1-11-6-7-12(16(22)23)10-19(11)15(21)13-4-2-3-5-14(13)20-17-8-9-18-20/h2-5,8-9,11-12H,6-7,10H2,1H3,(H,22,23). The quantitative estimate of drug-likeness (QED) is 0.929. The Hall–Kier alpha value is -2.70. The Labute approximate surface area is 133 Å². The van der Waals surface area contributed by atoms with Gasteiger partial charge in [0, 0.05) is 12.6 Å². The van der Waals surface area contributed by atoms with Crippen LogP contribution in [0.1, 0.15) is 30.1 Å². The first-order valence-corrected chi connectivity index (χ1v) is 7.57. The lowest BCUT2D eigenvalue weighted by atomic mass is 9.93. The second kappa shape index (κ2) is 6.20. The molecule has 0 aliphatic carbocycles. The van der Waals surface area contributed by atoms with Crippen molar-refractivity contribution in [2.75, 3.05) is 6.54 Å². The number of likely N-dealkylation sites (tertiary alicyclic amines) is 1. The Morgan fingerprint density at radius 1 is 1.17 bits per heavy atom. The van der Waals surface area contributed by atoms with Crippen LogP contribution in [-0.4, -0.2) is 49.5 Å². The van der Waals surface area contributed by atoms with Gasteiger partial charge in [0.25, 0.3) is 5.91 Å². The fourth-order valence-electron chi connectivity index (χ4n) is 2.92. The summed E-state index contributed by atoms with van der Waals surface area (Å²) in [5.41, 5.74) is 1.06. The van der Waals surface area contributed by atoms with Crippen molar-refractivity contribution in [3.8, 4) is 5.69 Å². The Morgan fingerprint density at radius 3 is 2.57 bits per heavy atom. The Bertz CT molecular complexity index is 714. The number of rotatable bonds is 3. The molecule has 1 fully saturated rings. The molecule has 1 aliphatic rings. The monoisotopic (exact) mass is 314 g/mol. The highest BCUT2D eigenvalue weighted by atomic mass is 16.4. The van der Waals surface area contributed by atoms with Crippen LogP contribution in [0.4, 0.5) is 0 Å². The van der Waals surface area contributed by atoms with Crippen LogP contribution in [0.25, 0.3) is 5.69 Å². The molecule has 1 aromatic heterocycles. The third kappa shape index (κ3) is 2.94. The van der Waals surface area contributed by atoms with E-state index in [2.05, 4.69) is 10.2 Å². The van der Waals surface area contributed by atoms with Gasteiger partial charge in [0.2, 0.25) is 0 Å². The molecule has 2 heterocycles. The van der Waals surface area contributed by atoms with Gasteiger partial charge in [-0.1, -0.05) is 12.1 Å². The highest BCUT2D eigenvalue weighted by Crippen LogP contribution is 2.25. The molecule has 1 aliphatic heterocycles. The first-order valence-electron chi connectivity index (χ1n) is 7.57. The summed E-state index contributed by atoms with van der Waals surface area (Å²) >= 11 is 0. The van der Waals surface area contributed by atoms with E-state index in [0.717, 1.165) is 0 Å². The molecule has 1 amide bonds. The smallest absolute Gasteiger partial charge is 0.308 e. The fourth-order valence-corrected chi connectivity index (χ4v) is 2.92. The second-order valence-corrected chi connectivity index (χ2v) is 5.75. The molecule has 0 saturated carbocycles. The van der Waals surface area contributed by atoms with Crippen LogP contribution in [-0.2, 0) is 4.79 Å². The highest BCUT2D eigenvalue weighted by molar-refractivity contribution is 5.98. The average molecular weight is 314 g/mol. The second-order valence-electron chi connectivity index (χ2n) is 5.75. The molecule has 1 N–H and O–H groups in total. The zero-order valence-electron chi connectivity index (χ0n) is 12.8. The number of para-hydroxylation sites is 1. The highest BCUT2D eigenvalue weighted by Gasteiger charge is 2.33. The summed E-state index contributed by atoms with van der Waals surface area (Å²) in [6.45, 7) is 2.18. The van der Waals surface area contributed by atoms with Crippen molar-refractivity contribution >= 4 is 11.9 Å². The molecular weight excluding hydrogens is 296 g/mol. The van der Waals surface area contributed by atoms with Crippen LogP contribution in [0, 0.1) is 5.92 Å². The number of carbonyl (C=O) groups is 2. The molecule has 2 aromatic rings. The van der Waals surface area contributed by atoms with E-state index in [1.54, 1.807) is 35.5 Å². The predicted molar refractivity (Wildman–Crippen MR) is 82.2 cm³/mol. The van der Waals surface area contributed by atoms with E-state index in [1.807, 2.05) is 13.0 Å². The van der Waals surface area contributed by atoms with Gasteiger partial charge in [-0.25, -0.2) is 0 Å². The van der Waals surface area contributed by atoms with Gasteiger partial charge in [-0.05, 0) is 31.9 Å². The van der Waals surface area contributed by atoms with Crippen molar-refractivity contribution in [1.82, 2.24) is 19.9 Å². The third-order valence-electron chi connectivity index (χ3n) is 4.26. The van der Waals surface area contributed by atoms with Crippen molar-refractivity contribution in [3.63, 3.8) is 0 Å². The molecule has 7 nitrogen and oxygen atoms in total. The lowest BCUT2D eigenvalue weighted by Gasteiger charge is -2.36. The van der Waals surface area contributed by atoms with Gasteiger partial charge in [-0.2, -0.15) is 15.0 Å². The Morgan fingerprint density at radius 2 is 1.87 bits per heavy atom. The zero-order chi connectivity index (χ0) is 16.4. The summed E-state index contributed by atoms with van der Waals surface area (Å²) in [6.07, 6.45) is 4.38. The normalized spacial score (nSPS) is 21.2.